The normalized spacial score (nSPS) is 13.0. The Labute approximate surface area is 139 Å². The minimum Gasteiger partial charge on any atom is -0.486 e. The lowest BCUT2D eigenvalue weighted by Gasteiger charge is -2.19. The molecule has 1 aromatic carbocycles. The molecule has 2 rings (SSSR count). The van der Waals surface area contributed by atoms with Gasteiger partial charge < -0.3 is 20.1 Å². The van der Waals surface area contributed by atoms with E-state index < -0.39 is 0 Å². The summed E-state index contributed by atoms with van der Waals surface area (Å²) in [7, 11) is 0. The van der Waals surface area contributed by atoms with E-state index in [1.807, 2.05) is 6.92 Å². The average Bonchev–Trinajstić information content (AvgIpc) is 2.56. The van der Waals surface area contributed by atoms with E-state index in [1.165, 1.54) is 6.08 Å². The molecule has 124 valence electrons. The highest BCUT2D eigenvalue weighted by molar-refractivity contribution is 6.32. The molecule has 0 saturated heterocycles. The maximum atomic E-state index is 11.7. The highest BCUT2D eigenvalue weighted by Crippen LogP contribution is 2.38. The van der Waals surface area contributed by atoms with E-state index in [0.29, 0.717) is 41.8 Å². The van der Waals surface area contributed by atoms with E-state index in [1.54, 1.807) is 18.2 Å². The molecule has 0 radical (unpaired) electrons. The average molecular weight is 339 g/mol. The molecule has 23 heavy (non-hydrogen) atoms. The summed E-state index contributed by atoms with van der Waals surface area (Å²) in [6.07, 6.45) is 3.79. The fourth-order valence-corrected chi connectivity index (χ4v) is 2.23. The van der Waals surface area contributed by atoms with E-state index in [0.717, 1.165) is 6.42 Å². The van der Waals surface area contributed by atoms with Crippen LogP contribution >= 0.6 is 11.6 Å². The Hall–Kier alpha value is -2.21. The first-order chi connectivity index (χ1) is 11.1. The van der Waals surface area contributed by atoms with Crippen LogP contribution in [0.3, 0.4) is 0 Å². The van der Waals surface area contributed by atoms with Crippen molar-refractivity contribution in [3.05, 3.63) is 28.8 Å². The van der Waals surface area contributed by atoms with Crippen molar-refractivity contribution in [1.29, 1.82) is 0 Å². The molecule has 1 aliphatic heterocycles. The van der Waals surface area contributed by atoms with E-state index in [4.69, 9.17) is 21.1 Å². The highest BCUT2D eigenvalue weighted by Gasteiger charge is 2.15. The van der Waals surface area contributed by atoms with E-state index >= 15 is 0 Å². The molecule has 1 aliphatic rings. The van der Waals surface area contributed by atoms with E-state index in [9.17, 15) is 9.59 Å². The first-order valence-electron chi connectivity index (χ1n) is 7.42. The van der Waals surface area contributed by atoms with Crippen molar-refractivity contribution in [1.82, 2.24) is 10.6 Å². The zero-order valence-electron chi connectivity index (χ0n) is 12.9. The Morgan fingerprint density at radius 2 is 2.04 bits per heavy atom. The monoisotopic (exact) mass is 338 g/mol. The largest absolute Gasteiger partial charge is 0.486 e. The Morgan fingerprint density at radius 1 is 1.26 bits per heavy atom. The maximum Gasteiger partial charge on any atom is 0.244 e. The van der Waals surface area contributed by atoms with Crippen LogP contribution in [0.2, 0.25) is 5.02 Å². The maximum absolute atomic E-state index is 11.7. The molecule has 2 amide bonds. The van der Waals surface area contributed by atoms with Gasteiger partial charge in [0.25, 0.3) is 0 Å². The molecule has 2 N–H and O–H groups in total. The number of rotatable bonds is 6. The number of nitrogens with one attached hydrogen (secondary N) is 2. The van der Waals surface area contributed by atoms with Crippen LogP contribution in [-0.2, 0) is 9.59 Å². The molecule has 0 bridgehead atoms. The summed E-state index contributed by atoms with van der Waals surface area (Å²) in [6, 6.07) is 3.44. The zero-order valence-corrected chi connectivity index (χ0v) is 13.6. The number of hydrogen-bond acceptors (Lipinski definition) is 4. The third kappa shape index (κ3) is 5.17. The second-order valence-electron chi connectivity index (χ2n) is 4.93. The molecule has 7 heteroatoms. The van der Waals surface area contributed by atoms with Gasteiger partial charge in [-0.2, -0.15) is 0 Å². The fraction of sp³-hybridized carbons (Fsp3) is 0.375. The number of halogens is 1. The van der Waals surface area contributed by atoms with Crippen LogP contribution in [0.5, 0.6) is 11.5 Å². The Morgan fingerprint density at radius 3 is 2.83 bits per heavy atom. The third-order valence-electron chi connectivity index (χ3n) is 3.04. The summed E-state index contributed by atoms with van der Waals surface area (Å²) in [5.74, 6) is 0.508. The van der Waals surface area contributed by atoms with Gasteiger partial charge in [-0.1, -0.05) is 18.5 Å². The molecule has 0 fully saturated rings. The van der Waals surface area contributed by atoms with Crippen LogP contribution in [0.1, 0.15) is 18.9 Å². The molecule has 0 atom stereocenters. The van der Waals surface area contributed by atoms with Crippen molar-refractivity contribution in [3.63, 3.8) is 0 Å². The SMILES string of the molecule is CCCNC(=O)CNC(=O)/C=C/c1cc(Cl)c2c(c1)OCCO2. The number of benzene rings is 1. The van der Waals surface area contributed by atoms with Gasteiger partial charge in [0.15, 0.2) is 11.5 Å². The van der Waals surface area contributed by atoms with Gasteiger partial charge in [0.1, 0.15) is 13.2 Å². The fourth-order valence-electron chi connectivity index (χ4n) is 1.95. The van der Waals surface area contributed by atoms with Gasteiger partial charge in [-0.15, -0.1) is 0 Å². The summed E-state index contributed by atoms with van der Waals surface area (Å²) in [4.78, 5) is 23.1. The van der Waals surface area contributed by atoms with Crippen molar-refractivity contribution in [3.8, 4) is 11.5 Å². The summed E-state index contributed by atoms with van der Waals surface area (Å²) < 4.78 is 10.9. The van der Waals surface area contributed by atoms with Crippen LogP contribution in [-0.4, -0.2) is 38.1 Å². The Balaban J connectivity index is 1.91. The molecule has 0 saturated carbocycles. The van der Waals surface area contributed by atoms with E-state index in [-0.39, 0.29) is 18.4 Å². The minimum absolute atomic E-state index is 0.0505. The predicted molar refractivity (Wildman–Crippen MR) is 87.8 cm³/mol. The van der Waals surface area contributed by atoms with Gasteiger partial charge in [0, 0.05) is 12.6 Å². The first-order valence-corrected chi connectivity index (χ1v) is 7.79. The summed E-state index contributed by atoms with van der Waals surface area (Å²) in [5.41, 5.74) is 0.713. The zero-order chi connectivity index (χ0) is 16.7. The number of amides is 2. The van der Waals surface area contributed by atoms with Gasteiger partial charge in [-0.25, -0.2) is 0 Å². The molecular formula is C16H19ClN2O4. The van der Waals surface area contributed by atoms with Crippen LogP contribution in [0, 0.1) is 0 Å². The van der Waals surface area contributed by atoms with E-state index in [2.05, 4.69) is 10.6 Å². The van der Waals surface area contributed by atoms with Crippen LogP contribution in [0.4, 0.5) is 0 Å². The second-order valence-corrected chi connectivity index (χ2v) is 5.34. The molecular weight excluding hydrogens is 320 g/mol. The van der Waals surface area contributed by atoms with Crippen molar-refractivity contribution >= 4 is 29.5 Å². The highest BCUT2D eigenvalue weighted by atomic mass is 35.5. The number of carbonyl (C=O) groups is 2. The molecule has 0 spiro atoms. The quantitative estimate of drug-likeness (QED) is 0.775. The standard InChI is InChI=1S/C16H19ClN2O4/c1-2-5-18-15(21)10-19-14(20)4-3-11-8-12(17)16-13(9-11)22-6-7-23-16/h3-4,8-9H,2,5-7,10H2,1H3,(H,18,21)(H,19,20)/b4-3+. The lowest BCUT2D eigenvalue weighted by molar-refractivity contribution is -0.123. The lowest BCUT2D eigenvalue weighted by atomic mass is 10.1. The molecule has 1 aromatic rings. The Kier molecular flexibility index (Phi) is 6.29. The third-order valence-corrected chi connectivity index (χ3v) is 3.32. The Bertz CT molecular complexity index is 616. The van der Waals surface area contributed by atoms with Crippen LogP contribution < -0.4 is 20.1 Å². The van der Waals surface area contributed by atoms with Gasteiger partial charge >= 0.3 is 0 Å². The molecule has 0 unspecified atom stereocenters. The smallest absolute Gasteiger partial charge is 0.244 e. The lowest BCUT2D eigenvalue weighted by Crippen LogP contribution is -2.36. The van der Waals surface area contributed by atoms with Crippen molar-refractivity contribution in [2.45, 2.75) is 13.3 Å². The number of ether oxygens (including phenoxy) is 2. The van der Waals surface area contributed by atoms with Crippen LogP contribution in [0.15, 0.2) is 18.2 Å². The summed E-state index contributed by atoms with van der Waals surface area (Å²) in [6.45, 7) is 3.43. The number of fused-ring (bicyclic) bond motifs is 1. The van der Waals surface area contributed by atoms with Crippen LogP contribution in [0.25, 0.3) is 6.08 Å². The van der Waals surface area contributed by atoms with Gasteiger partial charge in [-0.05, 0) is 30.2 Å². The topological polar surface area (TPSA) is 76.7 Å². The summed E-state index contributed by atoms with van der Waals surface area (Å²) in [5, 5.41) is 5.62. The van der Waals surface area contributed by atoms with Crippen molar-refractivity contribution in [2.75, 3.05) is 26.3 Å². The number of hydrogen-bond donors (Lipinski definition) is 2. The predicted octanol–water partition coefficient (Wildman–Crippen LogP) is 1.77. The van der Waals surface area contributed by atoms with Gasteiger partial charge in [0.2, 0.25) is 11.8 Å². The van der Waals surface area contributed by atoms with Crippen molar-refractivity contribution < 1.29 is 19.1 Å². The second kappa shape index (κ2) is 8.43. The molecule has 6 nitrogen and oxygen atoms in total. The van der Waals surface area contributed by atoms with Gasteiger partial charge in [0.05, 0.1) is 11.6 Å². The summed E-state index contributed by atoms with van der Waals surface area (Å²) >= 11 is 6.12. The van der Waals surface area contributed by atoms with Gasteiger partial charge in [-0.3, -0.25) is 9.59 Å². The minimum atomic E-state index is -0.359. The molecule has 0 aromatic heterocycles. The molecule has 0 aliphatic carbocycles. The van der Waals surface area contributed by atoms with Crippen molar-refractivity contribution in [2.24, 2.45) is 0 Å². The first kappa shape index (κ1) is 17.1. The molecule has 1 heterocycles. The number of carbonyl (C=O) groups excluding carboxylic acids is 2.